The molecular formula is C10H9ClN4O2. The van der Waals surface area contributed by atoms with E-state index in [4.69, 9.17) is 17.3 Å². The zero-order valence-electron chi connectivity index (χ0n) is 8.90. The zero-order chi connectivity index (χ0) is 12.6. The number of hydrogen-bond acceptors (Lipinski definition) is 4. The summed E-state index contributed by atoms with van der Waals surface area (Å²) in [6.45, 7) is 1.78. The van der Waals surface area contributed by atoms with Crippen LogP contribution in [0, 0.1) is 17.0 Å². The number of anilines is 1. The number of nitrogens with one attached hydrogen (secondary N) is 1. The molecule has 0 atom stereocenters. The first-order valence-electron chi connectivity index (χ1n) is 4.75. The average molecular weight is 253 g/mol. The van der Waals surface area contributed by atoms with Gasteiger partial charge < -0.3 is 5.73 Å². The number of aromatic nitrogens is 2. The molecule has 2 aromatic rings. The minimum Gasteiger partial charge on any atom is -0.382 e. The van der Waals surface area contributed by atoms with E-state index in [1.165, 1.54) is 12.1 Å². The van der Waals surface area contributed by atoms with Crippen LogP contribution >= 0.6 is 11.6 Å². The highest BCUT2D eigenvalue weighted by Crippen LogP contribution is 2.30. The summed E-state index contributed by atoms with van der Waals surface area (Å²) in [7, 11) is 0. The summed E-state index contributed by atoms with van der Waals surface area (Å²) in [5, 5.41) is 17.6. The van der Waals surface area contributed by atoms with Crippen LogP contribution in [0.4, 0.5) is 11.5 Å². The van der Waals surface area contributed by atoms with E-state index in [1.54, 1.807) is 13.0 Å². The molecule has 0 saturated carbocycles. The molecule has 7 heteroatoms. The molecule has 2 rings (SSSR count). The predicted molar refractivity (Wildman–Crippen MR) is 64.8 cm³/mol. The lowest BCUT2D eigenvalue weighted by Crippen LogP contribution is -1.90. The van der Waals surface area contributed by atoms with Crippen LogP contribution in [-0.2, 0) is 0 Å². The Balaban J connectivity index is 2.60. The first-order chi connectivity index (χ1) is 7.99. The van der Waals surface area contributed by atoms with Crippen LogP contribution < -0.4 is 5.73 Å². The van der Waals surface area contributed by atoms with Gasteiger partial charge >= 0.3 is 0 Å². The lowest BCUT2D eigenvalue weighted by molar-refractivity contribution is -0.384. The number of nitrogens with zero attached hydrogens (tertiary/aromatic N) is 2. The molecule has 0 bridgehead atoms. The van der Waals surface area contributed by atoms with Crippen molar-refractivity contribution in [1.82, 2.24) is 10.2 Å². The maximum atomic E-state index is 10.7. The Morgan fingerprint density at radius 2 is 2.18 bits per heavy atom. The summed E-state index contributed by atoms with van der Waals surface area (Å²) >= 11 is 5.83. The van der Waals surface area contributed by atoms with Gasteiger partial charge in [0.1, 0.15) is 5.82 Å². The third-order valence-corrected chi connectivity index (χ3v) is 2.65. The third-order valence-electron chi connectivity index (χ3n) is 2.43. The van der Waals surface area contributed by atoms with Crippen LogP contribution in [0.3, 0.4) is 0 Å². The number of nitrogens with two attached hydrogens (primary N) is 1. The fraction of sp³-hybridized carbons (Fsp3) is 0.100. The maximum Gasteiger partial charge on any atom is 0.271 e. The van der Waals surface area contributed by atoms with Gasteiger partial charge in [0.15, 0.2) is 0 Å². The molecule has 17 heavy (non-hydrogen) atoms. The van der Waals surface area contributed by atoms with Crippen LogP contribution in [-0.4, -0.2) is 15.1 Å². The van der Waals surface area contributed by atoms with Gasteiger partial charge in [-0.05, 0) is 13.0 Å². The molecular weight excluding hydrogens is 244 g/mol. The van der Waals surface area contributed by atoms with E-state index in [0.29, 0.717) is 22.1 Å². The molecule has 3 N–H and O–H groups in total. The fourth-order valence-electron chi connectivity index (χ4n) is 1.52. The number of rotatable bonds is 2. The number of benzene rings is 1. The second-order valence-corrected chi connectivity index (χ2v) is 4.00. The van der Waals surface area contributed by atoms with Gasteiger partial charge in [-0.1, -0.05) is 11.6 Å². The molecule has 0 aliphatic rings. The van der Waals surface area contributed by atoms with Crippen molar-refractivity contribution in [2.24, 2.45) is 0 Å². The van der Waals surface area contributed by atoms with Crippen LogP contribution in [0.1, 0.15) is 5.56 Å². The van der Waals surface area contributed by atoms with Crippen LogP contribution in [0.25, 0.3) is 11.3 Å². The molecule has 88 valence electrons. The normalized spacial score (nSPS) is 10.5. The molecule has 6 nitrogen and oxygen atoms in total. The molecule has 1 aromatic carbocycles. The van der Waals surface area contributed by atoms with Crippen molar-refractivity contribution in [2.45, 2.75) is 6.92 Å². The first-order valence-corrected chi connectivity index (χ1v) is 5.12. The van der Waals surface area contributed by atoms with E-state index in [-0.39, 0.29) is 5.69 Å². The summed E-state index contributed by atoms with van der Waals surface area (Å²) in [5.41, 5.74) is 7.49. The highest BCUT2D eigenvalue weighted by molar-refractivity contribution is 6.31. The molecule has 0 aliphatic heterocycles. The van der Waals surface area contributed by atoms with E-state index in [1.807, 2.05) is 0 Å². The Morgan fingerprint density at radius 1 is 1.47 bits per heavy atom. The number of aromatic amines is 1. The summed E-state index contributed by atoms with van der Waals surface area (Å²) in [6.07, 6.45) is 0. The van der Waals surface area contributed by atoms with E-state index in [2.05, 4.69) is 10.2 Å². The number of non-ortho nitro benzene ring substituents is 1. The van der Waals surface area contributed by atoms with Gasteiger partial charge in [-0.3, -0.25) is 15.2 Å². The number of hydrogen-bond donors (Lipinski definition) is 2. The highest BCUT2D eigenvalue weighted by atomic mass is 35.5. The van der Waals surface area contributed by atoms with E-state index < -0.39 is 4.92 Å². The maximum absolute atomic E-state index is 10.7. The molecule has 0 amide bonds. The summed E-state index contributed by atoms with van der Waals surface area (Å²) < 4.78 is 0. The largest absolute Gasteiger partial charge is 0.382 e. The number of halogens is 1. The van der Waals surface area contributed by atoms with Crippen molar-refractivity contribution in [2.75, 3.05) is 5.73 Å². The van der Waals surface area contributed by atoms with E-state index in [9.17, 15) is 10.1 Å². The second kappa shape index (κ2) is 4.06. The van der Waals surface area contributed by atoms with Gasteiger partial charge in [-0.2, -0.15) is 5.10 Å². The second-order valence-electron chi connectivity index (χ2n) is 3.56. The summed E-state index contributed by atoms with van der Waals surface area (Å²) in [4.78, 5) is 10.2. The smallest absolute Gasteiger partial charge is 0.271 e. The van der Waals surface area contributed by atoms with E-state index in [0.717, 1.165) is 5.56 Å². The Hall–Kier alpha value is -2.08. The van der Waals surface area contributed by atoms with Crippen molar-refractivity contribution in [3.05, 3.63) is 38.9 Å². The van der Waals surface area contributed by atoms with Gasteiger partial charge in [-0.15, -0.1) is 0 Å². The van der Waals surface area contributed by atoms with Crippen LogP contribution in [0.2, 0.25) is 5.02 Å². The Kier molecular flexibility index (Phi) is 2.72. The third kappa shape index (κ3) is 2.07. The Labute approximate surface area is 102 Å². The minimum absolute atomic E-state index is 0.0694. The fourth-order valence-corrected chi connectivity index (χ4v) is 1.75. The average Bonchev–Trinajstić information content (AvgIpc) is 2.59. The SMILES string of the molecule is Cc1c(N)n[nH]c1-c1cc(Cl)cc([N+](=O)[O-])c1. The highest BCUT2D eigenvalue weighted by Gasteiger charge is 2.14. The zero-order valence-corrected chi connectivity index (χ0v) is 9.65. The number of H-pyrrole nitrogens is 1. The molecule has 1 heterocycles. The van der Waals surface area contributed by atoms with Crippen molar-refractivity contribution >= 4 is 23.1 Å². The van der Waals surface area contributed by atoms with Crippen molar-refractivity contribution in [1.29, 1.82) is 0 Å². The molecule has 0 unspecified atom stereocenters. The topological polar surface area (TPSA) is 97.8 Å². The number of nitro groups is 1. The molecule has 0 spiro atoms. The first kappa shape index (κ1) is 11.4. The van der Waals surface area contributed by atoms with Crippen molar-refractivity contribution in [3.8, 4) is 11.3 Å². The van der Waals surface area contributed by atoms with Crippen LogP contribution in [0.5, 0.6) is 0 Å². The summed E-state index contributed by atoms with van der Waals surface area (Å²) in [6, 6.07) is 4.33. The molecule has 0 aliphatic carbocycles. The Bertz CT molecular complexity index is 594. The lowest BCUT2D eigenvalue weighted by Gasteiger charge is -2.01. The van der Waals surface area contributed by atoms with Crippen molar-refractivity contribution < 1.29 is 4.92 Å². The van der Waals surface area contributed by atoms with Crippen molar-refractivity contribution in [3.63, 3.8) is 0 Å². The van der Waals surface area contributed by atoms with Gasteiger partial charge in [-0.25, -0.2) is 0 Å². The van der Waals surface area contributed by atoms with Gasteiger partial charge in [0.25, 0.3) is 5.69 Å². The number of nitrogen functional groups attached to an aromatic ring is 1. The molecule has 0 radical (unpaired) electrons. The van der Waals surface area contributed by atoms with Gasteiger partial charge in [0, 0.05) is 28.3 Å². The monoisotopic (exact) mass is 252 g/mol. The minimum atomic E-state index is -0.496. The molecule has 1 aromatic heterocycles. The van der Waals surface area contributed by atoms with Gasteiger partial charge in [0.2, 0.25) is 0 Å². The lowest BCUT2D eigenvalue weighted by atomic mass is 10.1. The number of nitro benzene ring substituents is 1. The quantitative estimate of drug-likeness (QED) is 0.634. The standard InChI is InChI=1S/C10H9ClN4O2/c1-5-9(13-14-10(5)12)6-2-7(11)4-8(3-6)15(16)17/h2-4H,1H3,(H3,12,13,14). The van der Waals surface area contributed by atoms with E-state index >= 15 is 0 Å². The van der Waals surface area contributed by atoms with Gasteiger partial charge in [0.05, 0.1) is 10.6 Å². The van der Waals surface area contributed by atoms with Crippen LogP contribution in [0.15, 0.2) is 18.2 Å². The summed E-state index contributed by atoms with van der Waals surface area (Å²) in [5.74, 6) is 0.364. The Morgan fingerprint density at radius 3 is 2.71 bits per heavy atom. The molecule has 0 fully saturated rings. The molecule has 0 saturated heterocycles. The predicted octanol–water partition coefficient (Wildman–Crippen LogP) is 2.53.